The molecule has 2 heterocycles. The third-order valence-corrected chi connectivity index (χ3v) is 7.32. The number of aromatic nitrogens is 1. The second-order valence-corrected chi connectivity index (χ2v) is 9.80. The van der Waals surface area contributed by atoms with Crippen LogP contribution in [0.2, 0.25) is 0 Å². The van der Waals surface area contributed by atoms with Gasteiger partial charge in [0.2, 0.25) is 26.6 Å². The van der Waals surface area contributed by atoms with Crippen LogP contribution in [0.1, 0.15) is 18.5 Å². The summed E-state index contributed by atoms with van der Waals surface area (Å²) in [6.07, 6.45) is 0. The lowest BCUT2D eigenvalue weighted by Gasteiger charge is -2.19. The summed E-state index contributed by atoms with van der Waals surface area (Å²) in [6.45, 7) is 2.68. The highest BCUT2D eigenvalue weighted by molar-refractivity contribution is 7.91. The van der Waals surface area contributed by atoms with Gasteiger partial charge in [0.05, 0.1) is 23.6 Å². The first kappa shape index (κ1) is 22.8. The first-order valence-electron chi connectivity index (χ1n) is 11.1. The van der Waals surface area contributed by atoms with E-state index >= 15 is 0 Å². The van der Waals surface area contributed by atoms with Gasteiger partial charge in [-0.25, -0.2) is 8.42 Å². The van der Waals surface area contributed by atoms with Crippen LogP contribution >= 0.6 is 0 Å². The first-order chi connectivity index (χ1) is 17.0. The summed E-state index contributed by atoms with van der Waals surface area (Å²) < 4.78 is 50.1. The average molecular weight is 493 g/mol. The molecule has 5 rings (SSSR count). The number of benzene rings is 3. The van der Waals surface area contributed by atoms with Gasteiger partial charge in [-0.1, -0.05) is 42.5 Å². The zero-order valence-electron chi connectivity index (χ0n) is 19.2. The average Bonchev–Trinajstić information content (AvgIpc) is 3.33. The van der Waals surface area contributed by atoms with Gasteiger partial charge in [-0.3, -0.25) is 0 Å². The maximum absolute atomic E-state index is 13.8. The van der Waals surface area contributed by atoms with Gasteiger partial charge in [-0.2, -0.15) is 4.98 Å². The summed E-state index contributed by atoms with van der Waals surface area (Å²) in [5.41, 5.74) is 1.50. The Kier molecular flexibility index (Phi) is 6.08. The number of rotatable bonds is 7. The lowest BCUT2D eigenvalue weighted by Crippen LogP contribution is -2.16. The second-order valence-electron chi connectivity index (χ2n) is 7.94. The molecule has 1 N–H and O–H groups in total. The molecular formula is C26H24N2O6S. The number of sulfone groups is 1. The first-order valence-corrected chi connectivity index (χ1v) is 12.6. The van der Waals surface area contributed by atoms with Crippen LogP contribution in [0.15, 0.2) is 87.1 Å². The number of hydrogen-bond acceptors (Lipinski definition) is 8. The van der Waals surface area contributed by atoms with E-state index in [0.717, 1.165) is 5.56 Å². The number of nitrogens with zero attached hydrogens (tertiary/aromatic N) is 1. The lowest BCUT2D eigenvalue weighted by molar-refractivity contribution is 0.171. The van der Waals surface area contributed by atoms with Crippen molar-refractivity contribution >= 4 is 15.7 Å². The number of methoxy groups -OCH3 is 1. The minimum Gasteiger partial charge on any atom is -0.496 e. The summed E-state index contributed by atoms with van der Waals surface area (Å²) in [6, 6.07) is 21.1. The van der Waals surface area contributed by atoms with E-state index in [-0.39, 0.29) is 27.7 Å². The number of anilines is 1. The topological polar surface area (TPSA) is 99.9 Å². The van der Waals surface area contributed by atoms with Crippen LogP contribution in [0.5, 0.6) is 17.2 Å². The van der Waals surface area contributed by atoms with Crippen molar-refractivity contribution in [3.8, 4) is 28.7 Å². The Balaban J connectivity index is 1.61. The smallest absolute Gasteiger partial charge is 0.234 e. The highest BCUT2D eigenvalue weighted by Gasteiger charge is 2.31. The van der Waals surface area contributed by atoms with E-state index in [1.54, 1.807) is 24.3 Å². The van der Waals surface area contributed by atoms with Crippen LogP contribution in [-0.4, -0.2) is 33.7 Å². The molecule has 0 spiro atoms. The molecule has 0 saturated heterocycles. The molecule has 8 nitrogen and oxygen atoms in total. The Labute approximate surface area is 203 Å². The van der Waals surface area contributed by atoms with Crippen LogP contribution in [-0.2, 0) is 9.84 Å². The molecule has 0 saturated carbocycles. The van der Waals surface area contributed by atoms with Gasteiger partial charge < -0.3 is 23.9 Å². The fourth-order valence-corrected chi connectivity index (χ4v) is 5.12. The predicted octanol–water partition coefficient (Wildman–Crippen LogP) is 5.13. The molecule has 0 fully saturated rings. The van der Waals surface area contributed by atoms with Crippen molar-refractivity contribution in [2.45, 2.75) is 22.9 Å². The van der Waals surface area contributed by atoms with Crippen LogP contribution in [0.4, 0.5) is 5.88 Å². The monoisotopic (exact) mass is 492 g/mol. The molecule has 0 bridgehead atoms. The summed E-state index contributed by atoms with van der Waals surface area (Å²) in [4.78, 5) is 4.45. The van der Waals surface area contributed by atoms with Gasteiger partial charge >= 0.3 is 0 Å². The van der Waals surface area contributed by atoms with E-state index < -0.39 is 9.84 Å². The van der Waals surface area contributed by atoms with E-state index in [1.807, 2.05) is 43.3 Å². The molecule has 9 heteroatoms. The molecule has 0 aliphatic carbocycles. The molecule has 1 aromatic heterocycles. The number of oxazole rings is 1. The largest absolute Gasteiger partial charge is 0.496 e. The van der Waals surface area contributed by atoms with E-state index in [1.165, 1.54) is 19.2 Å². The van der Waals surface area contributed by atoms with Gasteiger partial charge in [-0.15, -0.1) is 0 Å². The van der Waals surface area contributed by atoms with Crippen molar-refractivity contribution in [1.29, 1.82) is 0 Å². The van der Waals surface area contributed by atoms with E-state index in [4.69, 9.17) is 18.6 Å². The number of nitrogens with one attached hydrogen (secondary N) is 1. The van der Waals surface area contributed by atoms with Crippen LogP contribution in [0, 0.1) is 0 Å². The molecule has 1 aliphatic rings. The van der Waals surface area contributed by atoms with Crippen molar-refractivity contribution < 1.29 is 27.0 Å². The molecule has 1 aliphatic heterocycles. The molecule has 0 amide bonds. The van der Waals surface area contributed by atoms with Gasteiger partial charge in [0.15, 0.2) is 11.5 Å². The minimum atomic E-state index is -4.08. The summed E-state index contributed by atoms with van der Waals surface area (Å²) in [7, 11) is -2.55. The number of fused-ring (bicyclic) bond motifs is 1. The number of ether oxygens (including phenoxy) is 3. The van der Waals surface area contributed by atoms with Crippen LogP contribution < -0.4 is 19.5 Å². The van der Waals surface area contributed by atoms with Gasteiger partial charge in [0.25, 0.3) is 0 Å². The Morgan fingerprint density at radius 3 is 2.43 bits per heavy atom. The molecule has 35 heavy (non-hydrogen) atoms. The van der Waals surface area contributed by atoms with Crippen LogP contribution in [0.25, 0.3) is 11.5 Å². The highest BCUT2D eigenvalue weighted by Crippen LogP contribution is 2.39. The van der Waals surface area contributed by atoms with Crippen molar-refractivity contribution in [2.24, 2.45) is 0 Å². The van der Waals surface area contributed by atoms with Crippen molar-refractivity contribution in [3.05, 3.63) is 78.4 Å². The Morgan fingerprint density at radius 1 is 0.943 bits per heavy atom. The van der Waals surface area contributed by atoms with Crippen molar-refractivity contribution in [3.63, 3.8) is 0 Å². The standard InChI is InChI=1S/C26H24N2O6S/c1-17(18-8-4-3-5-9-18)27-25-26(28-24(34-25)20-10-6-7-11-21(20)31-2)35(29,30)19-12-13-22-23(16-19)33-15-14-32-22/h3-13,16-17,27H,14-15H2,1-2H3. The number of para-hydroxylation sites is 1. The van der Waals surface area contributed by atoms with Crippen molar-refractivity contribution in [1.82, 2.24) is 4.98 Å². The summed E-state index contributed by atoms with van der Waals surface area (Å²) in [5, 5.41) is 2.96. The quantitative estimate of drug-likeness (QED) is 0.379. The normalized spacial score (nSPS) is 13.8. The molecular weight excluding hydrogens is 468 g/mol. The van der Waals surface area contributed by atoms with Crippen molar-refractivity contribution in [2.75, 3.05) is 25.6 Å². The lowest BCUT2D eigenvalue weighted by atomic mass is 10.1. The Bertz CT molecular complexity index is 1450. The zero-order valence-corrected chi connectivity index (χ0v) is 20.0. The molecule has 1 atom stereocenters. The number of hydrogen-bond donors (Lipinski definition) is 1. The second kappa shape index (κ2) is 9.34. The van der Waals surface area contributed by atoms with E-state index in [0.29, 0.717) is 36.0 Å². The maximum Gasteiger partial charge on any atom is 0.234 e. The Hall–Kier alpha value is -3.98. The fourth-order valence-electron chi connectivity index (χ4n) is 3.84. The molecule has 3 aromatic carbocycles. The third-order valence-electron chi connectivity index (χ3n) is 5.66. The highest BCUT2D eigenvalue weighted by atomic mass is 32.2. The molecule has 1 unspecified atom stereocenters. The minimum absolute atomic E-state index is 0.0250. The molecule has 0 radical (unpaired) electrons. The Morgan fingerprint density at radius 2 is 1.66 bits per heavy atom. The molecule has 180 valence electrons. The third kappa shape index (κ3) is 4.42. The predicted molar refractivity (Wildman–Crippen MR) is 130 cm³/mol. The zero-order chi connectivity index (χ0) is 24.4. The van der Waals surface area contributed by atoms with Gasteiger partial charge in [0, 0.05) is 6.07 Å². The fraction of sp³-hybridized carbons (Fsp3) is 0.192. The van der Waals surface area contributed by atoms with Gasteiger partial charge in [0.1, 0.15) is 19.0 Å². The maximum atomic E-state index is 13.8. The van der Waals surface area contributed by atoms with E-state index in [2.05, 4.69) is 10.3 Å². The van der Waals surface area contributed by atoms with Crippen LogP contribution in [0.3, 0.4) is 0 Å². The van der Waals surface area contributed by atoms with Gasteiger partial charge in [-0.05, 0) is 36.8 Å². The van der Waals surface area contributed by atoms with E-state index in [9.17, 15) is 8.42 Å². The SMILES string of the molecule is COc1ccccc1-c1nc(S(=O)(=O)c2ccc3c(c2)OCCO3)c(NC(C)c2ccccc2)o1. The molecule has 4 aromatic rings. The summed E-state index contributed by atoms with van der Waals surface area (Å²) in [5.74, 6) is 1.55. The summed E-state index contributed by atoms with van der Waals surface area (Å²) >= 11 is 0.